The fraction of sp³-hybridized carbons (Fsp3) is 0.231. The van der Waals surface area contributed by atoms with Crippen LogP contribution in [0.1, 0.15) is 34.6 Å². The molecule has 1 atom stereocenters. The van der Waals surface area contributed by atoms with E-state index >= 15 is 0 Å². The molecule has 1 amide bonds. The average Bonchev–Trinajstić information content (AvgIpc) is 2.87. The second kappa shape index (κ2) is 6.40. The highest BCUT2D eigenvalue weighted by atomic mass is 32.1. The first-order valence-electron chi connectivity index (χ1n) is 6.13. The van der Waals surface area contributed by atoms with E-state index in [2.05, 4.69) is 15.5 Å². The molecule has 1 heterocycles. The summed E-state index contributed by atoms with van der Waals surface area (Å²) in [5.41, 5.74) is -0.124. The number of carbonyl (C=O) groups excluding carboxylic acids is 2. The Hall–Kier alpha value is -2.35. The van der Waals surface area contributed by atoms with Gasteiger partial charge in [-0.15, -0.1) is 10.2 Å². The van der Waals surface area contributed by atoms with Crippen LogP contribution < -0.4 is 10.4 Å². The monoisotopic (exact) mass is 308 g/mol. The van der Waals surface area contributed by atoms with E-state index in [0.29, 0.717) is 6.42 Å². The largest absolute Gasteiger partial charge is 0.549 e. The molecule has 1 aromatic heterocycles. The van der Waals surface area contributed by atoms with Gasteiger partial charge in [-0.3, -0.25) is 10.1 Å². The molecule has 0 bridgehead atoms. The zero-order chi connectivity index (χ0) is 15.4. The molecular weight excluding hydrogens is 297 g/mol. The third-order valence-electron chi connectivity index (χ3n) is 2.77. The van der Waals surface area contributed by atoms with E-state index in [9.17, 15) is 19.1 Å². The second-order valence-corrected chi connectivity index (χ2v) is 5.17. The van der Waals surface area contributed by atoms with Gasteiger partial charge in [-0.1, -0.05) is 30.4 Å². The molecule has 0 aliphatic rings. The molecule has 8 heteroatoms. The molecule has 0 saturated heterocycles. The van der Waals surface area contributed by atoms with Crippen molar-refractivity contribution in [1.82, 2.24) is 10.2 Å². The van der Waals surface area contributed by atoms with Gasteiger partial charge in [0.05, 0.1) is 17.5 Å². The van der Waals surface area contributed by atoms with Gasteiger partial charge in [0.15, 0.2) is 0 Å². The number of carboxylic acid groups (broad SMARTS) is 1. The van der Waals surface area contributed by atoms with E-state index in [1.807, 2.05) is 0 Å². The van der Waals surface area contributed by atoms with Crippen molar-refractivity contribution >= 4 is 28.3 Å². The summed E-state index contributed by atoms with van der Waals surface area (Å²) in [6.45, 7) is 1.68. The fourth-order valence-electron chi connectivity index (χ4n) is 1.68. The van der Waals surface area contributed by atoms with E-state index in [4.69, 9.17) is 0 Å². The summed E-state index contributed by atoms with van der Waals surface area (Å²) in [7, 11) is 0. The van der Waals surface area contributed by atoms with Gasteiger partial charge in [0.1, 0.15) is 10.8 Å². The summed E-state index contributed by atoms with van der Waals surface area (Å²) in [6, 6.07) is 5.51. The lowest BCUT2D eigenvalue weighted by molar-refractivity contribution is -0.308. The van der Waals surface area contributed by atoms with E-state index in [1.54, 1.807) is 6.92 Å². The van der Waals surface area contributed by atoms with E-state index in [1.165, 1.54) is 24.3 Å². The molecule has 2 aromatic rings. The smallest absolute Gasteiger partial charge is 0.260 e. The Morgan fingerprint density at radius 2 is 2.10 bits per heavy atom. The lowest BCUT2D eigenvalue weighted by Crippen LogP contribution is -2.29. The van der Waals surface area contributed by atoms with Gasteiger partial charge in [0.2, 0.25) is 5.13 Å². The van der Waals surface area contributed by atoms with Crippen LogP contribution in [0.3, 0.4) is 0 Å². The zero-order valence-corrected chi connectivity index (χ0v) is 11.8. The van der Waals surface area contributed by atoms with Gasteiger partial charge in [0, 0.05) is 0 Å². The maximum atomic E-state index is 13.5. The van der Waals surface area contributed by atoms with Crippen molar-refractivity contribution in [2.75, 3.05) is 5.32 Å². The highest BCUT2D eigenvalue weighted by molar-refractivity contribution is 7.15. The fourth-order valence-corrected chi connectivity index (χ4v) is 2.59. The standard InChI is InChI=1S/C13H12FN3O3S/c1-2-7(12(19)20)11-16-17-13(21-11)15-10(18)8-5-3-4-6-9(8)14/h3-7H,2H2,1H3,(H,19,20)(H,15,17,18)/p-1. The minimum Gasteiger partial charge on any atom is -0.549 e. The molecule has 21 heavy (non-hydrogen) atoms. The third-order valence-corrected chi connectivity index (χ3v) is 3.72. The number of aromatic nitrogens is 2. The lowest BCUT2D eigenvalue weighted by atomic mass is 10.1. The van der Waals surface area contributed by atoms with Crippen molar-refractivity contribution in [3.8, 4) is 0 Å². The molecule has 1 unspecified atom stereocenters. The number of amides is 1. The van der Waals surface area contributed by atoms with Crippen molar-refractivity contribution in [3.63, 3.8) is 0 Å². The quantitative estimate of drug-likeness (QED) is 0.894. The van der Waals surface area contributed by atoms with Crippen LogP contribution in [-0.4, -0.2) is 22.1 Å². The average molecular weight is 308 g/mol. The van der Waals surface area contributed by atoms with Crippen molar-refractivity contribution in [2.45, 2.75) is 19.3 Å². The number of carboxylic acids is 1. The molecule has 0 aliphatic heterocycles. The van der Waals surface area contributed by atoms with Crippen molar-refractivity contribution in [1.29, 1.82) is 0 Å². The minimum absolute atomic E-state index is 0.109. The predicted molar refractivity (Wildman–Crippen MR) is 72.3 cm³/mol. The lowest BCUT2D eigenvalue weighted by Gasteiger charge is -2.11. The predicted octanol–water partition coefficient (Wildman–Crippen LogP) is 1.17. The Morgan fingerprint density at radius 3 is 2.71 bits per heavy atom. The van der Waals surface area contributed by atoms with Crippen molar-refractivity contribution < 1.29 is 19.1 Å². The molecule has 1 aromatic carbocycles. The van der Waals surface area contributed by atoms with Gasteiger partial charge in [-0.05, 0) is 18.6 Å². The number of hydrogen-bond donors (Lipinski definition) is 1. The zero-order valence-electron chi connectivity index (χ0n) is 11.0. The molecule has 6 nitrogen and oxygen atoms in total. The number of anilines is 1. The normalized spacial score (nSPS) is 11.9. The van der Waals surface area contributed by atoms with Gasteiger partial charge >= 0.3 is 0 Å². The molecule has 0 spiro atoms. The molecule has 110 valence electrons. The second-order valence-electron chi connectivity index (χ2n) is 4.16. The van der Waals surface area contributed by atoms with Crippen LogP contribution in [0.4, 0.5) is 9.52 Å². The Labute approximate surface area is 123 Å². The number of halogens is 1. The molecule has 1 N–H and O–H groups in total. The van der Waals surface area contributed by atoms with E-state index in [0.717, 1.165) is 11.3 Å². The molecule has 2 rings (SSSR count). The number of nitrogens with one attached hydrogen (secondary N) is 1. The number of benzene rings is 1. The Bertz CT molecular complexity index is 674. The number of aliphatic carboxylic acids is 1. The van der Waals surface area contributed by atoms with Gasteiger partial charge < -0.3 is 9.90 Å². The summed E-state index contributed by atoms with van der Waals surface area (Å²) >= 11 is 0.925. The maximum Gasteiger partial charge on any atom is 0.260 e. The first kappa shape index (κ1) is 15.0. The van der Waals surface area contributed by atoms with Crippen LogP contribution in [0.2, 0.25) is 0 Å². The first-order chi connectivity index (χ1) is 10.0. The number of carbonyl (C=O) groups is 2. The van der Waals surface area contributed by atoms with Gasteiger partial charge in [0.25, 0.3) is 5.91 Å². The van der Waals surface area contributed by atoms with Gasteiger partial charge in [-0.25, -0.2) is 4.39 Å². The van der Waals surface area contributed by atoms with Crippen LogP contribution in [0.5, 0.6) is 0 Å². The Morgan fingerprint density at radius 1 is 1.38 bits per heavy atom. The summed E-state index contributed by atoms with van der Waals surface area (Å²) in [5.74, 6) is -3.44. The molecule has 0 saturated carbocycles. The van der Waals surface area contributed by atoms with Crippen LogP contribution in [-0.2, 0) is 4.79 Å². The molecule has 0 aliphatic carbocycles. The summed E-state index contributed by atoms with van der Waals surface area (Å²) in [6.07, 6.45) is 0.304. The SMILES string of the molecule is CCC(C(=O)[O-])c1nnc(NC(=O)c2ccccc2F)s1. The van der Waals surface area contributed by atoms with Crippen LogP contribution >= 0.6 is 11.3 Å². The number of hydrogen-bond acceptors (Lipinski definition) is 6. The topological polar surface area (TPSA) is 95.0 Å². The summed E-state index contributed by atoms with van der Waals surface area (Å²) in [4.78, 5) is 22.8. The van der Waals surface area contributed by atoms with Crippen LogP contribution in [0.25, 0.3) is 0 Å². The highest BCUT2D eigenvalue weighted by Crippen LogP contribution is 2.25. The van der Waals surface area contributed by atoms with Gasteiger partial charge in [-0.2, -0.15) is 0 Å². The Kier molecular flexibility index (Phi) is 4.59. The maximum absolute atomic E-state index is 13.5. The highest BCUT2D eigenvalue weighted by Gasteiger charge is 2.18. The number of nitrogens with zero attached hydrogens (tertiary/aromatic N) is 2. The van der Waals surface area contributed by atoms with Crippen molar-refractivity contribution in [2.24, 2.45) is 0 Å². The summed E-state index contributed by atoms with van der Waals surface area (Å²) < 4.78 is 13.5. The first-order valence-corrected chi connectivity index (χ1v) is 6.94. The number of rotatable bonds is 5. The third kappa shape index (κ3) is 3.40. The minimum atomic E-state index is -1.25. The molecule has 0 fully saturated rings. The van der Waals surface area contributed by atoms with E-state index < -0.39 is 23.6 Å². The van der Waals surface area contributed by atoms with Crippen LogP contribution in [0.15, 0.2) is 24.3 Å². The van der Waals surface area contributed by atoms with E-state index in [-0.39, 0.29) is 15.7 Å². The Balaban J connectivity index is 2.14. The summed E-state index contributed by atoms with van der Waals surface area (Å²) in [5, 5.41) is 21.1. The van der Waals surface area contributed by atoms with Crippen molar-refractivity contribution in [3.05, 3.63) is 40.7 Å². The van der Waals surface area contributed by atoms with Crippen LogP contribution in [0, 0.1) is 5.82 Å². The molecular formula is C13H11FN3O3S-. The molecule has 0 radical (unpaired) electrons.